The number of hydrogen-bond acceptors (Lipinski definition) is 6. The molecule has 2 aromatic rings. The summed E-state index contributed by atoms with van der Waals surface area (Å²) in [6.07, 6.45) is 2.46. The van der Waals surface area contributed by atoms with Gasteiger partial charge >= 0.3 is 0 Å². The zero-order valence-electron chi connectivity index (χ0n) is 15.2. The van der Waals surface area contributed by atoms with Crippen LogP contribution in [-0.2, 0) is 4.79 Å². The highest BCUT2D eigenvalue weighted by atomic mass is 32.2. The Morgan fingerprint density at radius 2 is 1.96 bits per heavy atom. The van der Waals surface area contributed by atoms with Gasteiger partial charge in [-0.2, -0.15) is 0 Å². The van der Waals surface area contributed by atoms with E-state index in [-0.39, 0.29) is 5.91 Å². The number of aromatic nitrogens is 2. The molecule has 0 radical (unpaired) electrons. The van der Waals surface area contributed by atoms with Crippen molar-refractivity contribution in [1.82, 2.24) is 9.97 Å². The van der Waals surface area contributed by atoms with E-state index in [4.69, 9.17) is 10.7 Å². The van der Waals surface area contributed by atoms with Gasteiger partial charge < -0.3 is 16.0 Å². The van der Waals surface area contributed by atoms with Crippen LogP contribution in [0.25, 0.3) is 0 Å². The third kappa shape index (κ3) is 4.95. The van der Waals surface area contributed by atoms with Gasteiger partial charge in [0.2, 0.25) is 5.91 Å². The minimum atomic E-state index is 0.0123. The molecule has 0 aliphatic carbocycles. The highest BCUT2D eigenvalue weighted by Gasteiger charge is 2.18. The molecule has 0 bridgehead atoms. The fourth-order valence-corrected chi connectivity index (χ4v) is 3.63. The summed E-state index contributed by atoms with van der Waals surface area (Å²) in [6, 6.07) is 10.1. The minimum absolute atomic E-state index is 0.0123. The lowest BCUT2D eigenvalue weighted by Gasteiger charge is -2.31. The van der Waals surface area contributed by atoms with Gasteiger partial charge in [0.1, 0.15) is 5.82 Å². The van der Waals surface area contributed by atoms with Crippen molar-refractivity contribution >= 4 is 29.2 Å². The second kappa shape index (κ2) is 8.51. The summed E-state index contributed by atoms with van der Waals surface area (Å²) in [5.74, 6) is 0.983. The van der Waals surface area contributed by atoms with Gasteiger partial charge in [0.05, 0.1) is 0 Å². The number of amides is 1. The van der Waals surface area contributed by atoms with Crippen LogP contribution in [-0.4, -0.2) is 35.0 Å². The van der Waals surface area contributed by atoms with Crippen molar-refractivity contribution in [3.8, 4) is 0 Å². The Morgan fingerprint density at radius 3 is 2.62 bits per heavy atom. The second-order valence-electron chi connectivity index (χ2n) is 6.50. The number of carbonyl (C=O) groups is 1. The lowest BCUT2D eigenvalue weighted by atomic mass is 10.1. The fourth-order valence-electron chi connectivity index (χ4n) is 2.82. The maximum atomic E-state index is 11.5. The molecular weight excluding hydrogens is 346 g/mol. The molecule has 1 aliphatic heterocycles. The average molecular weight is 372 g/mol. The van der Waals surface area contributed by atoms with Crippen LogP contribution in [0.3, 0.4) is 0 Å². The Morgan fingerprint density at radius 1 is 1.27 bits per heavy atom. The molecule has 0 unspecified atom stereocenters. The van der Waals surface area contributed by atoms with E-state index in [1.807, 2.05) is 44.2 Å². The van der Waals surface area contributed by atoms with E-state index in [1.54, 1.807) is 0 Å². The molecule has 26 heavy (non-hydrogen) atoms. The molecular formula is C19H25N5OS. The number of anilines is 2. The third-order valence-corrected chi connectivity index (χ3v) is 5.23. The smallest absolute Gasteiger partial charge is 0.224 e. The predicted octanol–water partition coefficient (Wildman–Crippen LogP) is 3.21. The summed E-state index contributed by atoms with van der Waals surface area (Å²) in [7, 11) is 0. The van der Waals surface area contributed by atoms with E-state index in [2.05, 4.69) is 15.2 Å². The first-order valence-electron chi connectivity index (χ1n) is 8.97. The molecule has 1 aromatic carbocycles. The second-order valence-corrected chi connectivity index (χ2v) is 7.54. The van der Waals surface area contributed by atoms with Crippen LogP contribution in [0.2, 0.25) is 0 Å². The van der Waals surface area contributed by atoms with Crippen molar-refractivity contribution in [2.24, 2.45) is 5.73 Å². The van der Waals surface area contributed by atoms with E-state index in [0.717, 1.165) is 53.2 Å². The molecule has 0 atom stereocenters. The number of rotatable bonds is 5. The zero-order chi connectivity index (χ0) is 18.5. The third-order valence-electron chi connectivity index (χ3n) is 4.35. The Labute approximate surface area is 158 Å². The molecule has 1 amide bonds. The molecule has 0 saturated carbocycles. The number of benzene rings is 1. The van der Waals surface area contributed by atoms with Gasteiger partial charge in [0, 0.05) is 47.9 Å². The summed E-state index contributed by atoms with van der Waals surface area (Å²) in [5, 5.41) is 3.59. The molecule has 1 fully saturated rings. The molecule has 1 aliphatic rings. The number of hydrogen-bond donors (Lipinski definition) is 2. The van der Waals surface area contributed by atoms with Crippen molar-refractivity contribution in [1.29, 1.82) is 0 Å². The lowest BCUT2D eigenvalue weighted by molar-refractivity contribution is -0.115. The largest absolute Gasteiger partial charge is 0.356 e. The van der Waals surface area contributed by atoms with Crippen molar-refractivity contribution in [3.63, 3.8) is 0 Å². The summed E-state index contributed by atoms with van der Waals surface area (Å²) in [6.45, 7) is 5.71. The van der Waals surface area contributed by atoms with Gasteiger partial charge in [0.25, 0.3) is 0 Å². The molecule has 138 valence electrons. The quantitative estimate of drug-likeness (QED) is 0.785. The zero-order valence-corrected chi connectivity index (χ0v) is 16.1. The van der Waals surface area contributed by atoms with Crippen LogP contribution in [0.5, 0.6) is 0 Å². The van der Waals surface area contributed by atoms with E-state index >= 15 is 0 Å². The predicted molar refractivity (Wildman–Crippen MR) is 106 cm³/mol. The maximum Gasteiger partial charge on any atom is 0.224 e. The highest BCUT2D eigenvalue weighted by Crippen LogP contribution is 2.28. The van der Waals surface area contributed by atoms with Gasteiger partial charge in [-0.25, -0.2) is 9.97 Å². The summed E-state index contributed by atoms with van der Waals surface area (Å²) < 4.78 is 0. The molecule has 3 N–H and O–H groups in total. The van der Waals surface area contributed by atoms with Crippen LogP contribution in [0, 0.1) is 6.92 Å². The normalized spacial score (nSPS) is 15.1. The van der Waals surface area contributed by atoms with Crippen molar-refractivity contribution in [3.05, 3.63) is 36.0 Å². The van der Waals surface area contributed by atoms with E-state index < -0.39 is 0 Å². The van der Waals surface area contributed by atoms with Crippen LogP contribution in [0.1, 0.15) is 31.9 Å². The van der Waals surface area contributed by atoms with Gasteiger partial charge in [-0.3, -0.25) is 4.79 Å². The van der Waals surface area contributed by atoms with Crippen molar-refractivity contribution in [2.75, 3.05) is 23.3 Å². The van der Waals surface area contributed by atoms with Crippen LogP contribution in [0.15, 0.2) is 40.4 Å². The first-order chi connectivity index (χ1) is 12.5. The first-order valence-corrected chi connectivity index (χ1v) is 9.79. The monoisotopic (exact) mass is 371 g/mol. The molecule has 2 heterocycles. The van der Waals surface area contributed by atoms with Gasteiger partial charge in [-0.15, -0.1) is 0 Å². The molecule has 0 spiro atoms. The van der Waals surface area contributed by atoms with E-state index in [1.165, 1.54) is 11.8 Å². The molecule has 1 aromatic heterocycles. The molecule has 1 saturated heterocycles. The topological polar surface area (TPSA) is 84.1 Å². The van der Waals surface area contributed by atoms with Gasteiger partial charge in [-0.05, 0) is 55.8 Å². The van der Waals surface area contributed by atoms with Crippen LogP contribution in [0.4, 0.5) is 11.5 Å². The Hall–Kier alpha value is -2.12. The number of piperidine rings is 1. The summed E-state index contributed by atoms with van der Waals surface area (Å²) >= 11 is 1.53. The standard InChI is InChI=1S/C19H25N5OS/c1-3-18(25)22-15-4-6-16(7-5-15)26-19-21-13(2)12-17(23-19)24-10-8-14(20)9-11-24/h4-7,12,14H,3,8-11,20H2,1-2H3,(H,22,25). The number of nitrogens with two attached hydrogens (primary N) is 1. The molecule has 3 rings (SSSR count). The van der Waals surface area contributed by atoms with Crippen molar-refractivity contribution < 1.29 is 4.79 Å². The number of nitrogens with zero attached hydrogens (tertiary/aromatic N) is 3. The van der Waals surface area contributed by atoms with Crippen LogP contribution >= 0.6 is 11.8 Å². The number of carbonyl (C=O) groups excluding carboxylic acids is 1. The highest BCUT2D eigenvalue weighted by molar-refractivity contribution is 7.99. The summed E-state index contributed by atoms with van der Waals surface area (Å²) in [5.41, 5.74) is 7.76. The van der Waals surface area contributed by atoms with Gasteiger partial charge in [0.15, 0.2) is 5.16 Å². The van der Waals surface area contributed by atoms with Gasteiger partial charge in [-0.1, -0.05) is 6.92 Å². The molecule has 7 heteroatoms. The fraction of sp³-hybridized carbons (Fsp3) is 0.421. The Kier molecular flexibility index (Phi) is 6.11. The van der Waals surface area contributed by atoms with Crippen LogP contribution < -0.4 is 16.0 Å². The Bertz CT molecular complexity index is 757. The molecule has 6 nitrogen and oxygen atoms in total. The Balaban J connectivity index is 1.70. The number of nitrogens with one attached hydrogen (secondary N) is 1. The van der Waals surface area contributed by atoms with E-state index in [9.17, 15) is 4.79 Å². The first kappa shape index (κ1) is 18.7. The maximum absolute atomic E-state index is 11.5. The lowest BCUT2D eigenvalue weighted by Crippen LogP contribution is -2.40. The summed E-state index contributed by atoms with van der Waals surface area (Å²) in [4.78, 5) is 24.1. The minimum Gasteiger partial charge on any atom is -0.356 e. The van der Waals surface area contributed by atoms with Crippen molar-refractivity contribution in [2.45, 2.75) is 49.2 Å². The number of aryl methyl sites for hydroxylation is 1. The SMILES string of the molecule is CCC(=O)Nc1ccc(Sc2nc(C)cc(N3CCC(N)CC3)n2)cc1. The average Bonchev–Trinajstić information content (AvgIpc) is 2.63. The van der Waals surface area contributed by atoms with E-state index in [0.29, 0.717) is 12.5 Å².